The number of hydrogen-bond acceptors (Lipinski definition) is 4. The summed E-state index contributed by atoms with van der Waals surface area (Å²) >= 11 is 7.26. The van der Waals surface area contributed by atoms with Crippen molar-refractivity contribution >= 4 is 34.5 Å². The Bertz CT molecular complexity index is 716. The molecule has 1 amide bonds. The molecule has 1 aromatic heterocycles. The monoisotopic (exact) mass is 320 g/mol. The minimum Gasteiger partial charge on any atom is -0.495 e. The number of methoxy groups -OCH3 is 1. The van der Waals surface area contributed by atoms with Crippen LogP contribution in [0.4, 0.5) is 5.69 Å². The molecule has 0 saturated carbocycles. The number of nitrogens with two attached hydrogens (primary N) is 1. The molecule has 0 radical (unpaired) electrons. The first-order valence-corrected chi connectivity index (χ1v) is 7.32. The molecule has 2 rings (SSSR count). The van der Waals surface area contributed by atoms with Gasteiger partial charge in [-0.15, -0.1) is 11.3 Å². The molecule has 108 valence electrons. The third-order valence-corrected chi connectivity index (χ3v) is 3.74. The summed E-state index contributed by atoms with van der Waals surface area (Å²) in [6.45, 7) is 0.235. The lowest BCUT2D eigenvalue weighted by Gasteiger charge is -2.08. The highest BCUT2D eigenvalue weighted by Gasteiger charge is 2.15. The molecule has 0 bridgehead atoms. The van der Waals surface area contributed by atoms with E-state index in [0.29, 0.717) is 26.9 Å². The first kappa shape index (κ1) is 15.4. The van der Waals surface area contributed by atoms with Gasteiger partial charge in [0.15, 0.2) is 0 Å². The van der Waals surface area contributed by atoms with Gasteiger partial charge in [0, 0.05) is 10.6 Å². The molecule has 0 atom stereocenters. The summed E-state index contributed by atoms with van der Waals surface area (Å²) in [6, 6.07) is 6.83. The summed E-state index contributed by atoms with van der Waals surface area (Å²) in [6.07, 6.45) is 0. The number of nitrogens with one attached hydrogen (secondary N) is 1. The summed E-state index contributed by atoms with van der Waals surface area (Å²) in [5, 5.41) is 5.15. The average Bonchev–Trinajstić information content (AvgIpc) is 2.96. The maximum absolute atomic E-state index is 12.3. The van der Waals surface area contributed by atoms with Crippen molar-refractivity contribution in [3.05, 3.63) is 45.1 Å². The summed E-state index contributed by atoms with van der Waals surface area (Å²) in [5.74, 6) is 5.93. The van der Waals surface area contributed by atoms with Crippen molar-refractivity contribution in [1.82, 2.24) is 0 Å². The predicted octanol–water partition coefficient (Wildman–Crippen LogP) is 2.97. The number of carbonyl (C=O) groups excluding carboxylic acids is 1. The molecule has 4 nitrogen and oxygen atoms in total. The van der Waals surface area contributed by atoms with Gasteiger partial charge < -0.3 is 15.8 Å². The first-order valence-electron chi connectivity index (χ1n) is 6.07. The van der Waals surface area contributed by atoms with Crippen LogP contribution in [0.2, 0.25) is 5.02 Å². The number of rotatable bonds is 3. The molecule has 0 saturated heterocycles. The topological polar surface area (TPSA) is 64.3 Å². The minimum atomic E-state index is -0.250. The molecule has 1 heterocycles. The summed E-state index contributed by atoms with van der Waals surface area (Å²) in [5.41, 5.74) is 6.58. The molecule has 0 aliphatic carbocycles. The predicted molar refractivity (Wildman–Crippen MR) is 86.2 cm³/mol. The lowest BCUT2D eigenvalue weighted by atomic mass is 10.1. The second-order valence-electron chi connectivity index (χ2n) is 3.97. The number of halogens is 1. The van der Waals surface area contributed by atoms with E-state index in [1.165, 1.54) is 18.4 Å². The SMILES string of the molecule is COc1ccsc1C(=O)Nc1ccc(Cl)cc1C#CCN. The van der Waals surface area contributed by atoms with Gasteiger partial charge in [0.05, 0.1) is 19.3 Å². The Labute approximate surface area is 131 Å². The summed E-state index contributed by atoms with van der Waals surface area (Å²) in [7, 11) is 1.53. The van der Waals surface area contributed by atoms with Crippen molar-refractivity contribution < 1.29 is 9.53 Å². The highest BCUT2D eigenvalue weighted by atomic mass is 35.5. The standard InChI is InChI=1S/C15H13ClN2O2S/c1-20-13-6-8-21-14(13)15(19)18-12-5-4-11(16)9-10(12)3-2-7-17/h4-6,8-9H,7,17H2,1H3,(H,18,19). The van der Waals surface area contributed by atoms with Crippen LogP contribution in [0.5, 0.6) is 5.75 Å². The molecule has 3 N–H and O–H groups in total. The second-order valence-corrected chi connectivity index (χ2v) is 5.32. The van der Waals surface area contributed by atoms with Crippen molar-refractivity contribution in [1.29, 1.82) is 0 Å². The molecule has 0 fully saturated rings. The Kier molecular flexibility index (Phi) is 5.23. The molecule has 0 spiro atoms. The highest BCUT2D eigenvalue weighted by Crippen LogP contribution is 2.27. The first-order chi connectivity index (χ1) is 10.2. The van der Waals surface area contributed by atoms with E-state index in [0.717, 1.165) is 0 Å². The number of amides is 1. The molecule has 0 aliphatic rings. The zero-order valence-corrected chi connectivity index (χ0v) is 12.8. The molecule has 0 unspecified atom stereocenters. The summed E-state index contributed by atoms with van der Waals surface area (Å²) in [4.78, 5) is 12.8. The van der Waals surface area contributed by atoms with Crippen LogP contribution < -0.4 is 15.8 Å². The van der Waals surface area contributed by atoms with Crippen LogP contribution in [0.15, 0.2) is 29.6 Å². The maximum Gasteiger partial charge on any atom is 0.269 e. The van der Waals surface area contributed by atoms with E-state index in [1.807, 2.05) is 0 Å². The van der Waals surface area contributed by atoms with E-state index in [1.54, 1.807) is 29.6 Å². The third kappa shape index (κ3) is 3.76. The largest absolute Gasteiger partial charge is 0.495 e. The molecule has 2 aromatic rings. The molecular formula is C15H13ClN2O2S. The fourth-order valence-electron chi connectivity index (χ4n) is 1.68. The number of thiophene rings is 1. The third-order valence-electron chi connectivity index (χ3n) is 2.61. The number of carbonyl (C=O) groups is 1. The Morgan fingerprint density at radius 2 is 2.29 bits per heavy atom. The Morgan fingerprint density at radius 3 is 3.00 bits per heavy atom. The van der Waals surface area contributed by atoms with Crippen LogP contribution in [0, 0.1) is 11.8 Å². The van der Waals surface area contributed by atoms with Crippen LogP contribution in [0.25, 0.3) is 0 Å². The van der Waals surface area contributed by atoms with Gasteiger partial charge in [0.25, 0.3) is 5.91 Å². The molecule has 1 aromatic carbocycles. The van der Waals surface area contributed by atoms with Crippen LogP contribution >= 0.6 is 22.9 Å². The van der Waals surface area contributed by atoms with Crippen molar-refractivity contribution in [2.45, 2.75) is 0 Å². The smallest absolute Gasteiger partial charge is 0.269 e. The van der Waals surface area contributed by atoms with Gasteiger partial charge in [-0.05, 0) is 29.6 Å². The zero-order chi connectivity index (χ0) is 15.2. The van der Waals surface area contributed by atoms with Crippen molar-refractivity contribution in [3.63, 3.8) is 0 Å². The van der Waals surface area contributed by atoms with E-state index in [-0.39, 0.29) is 12.5 Å². The van der Waals surface area contributed by atoms with Crippen LogP contribution in [-0.2, 0) is 0 Å². The summed E-state index contributed by atoms with van der Waals surface area (Å²) < 4.78 is 5.14. The van der Waals surface area contributed by atoms with Gasteiger partial charge in [-0.2, -0.15) is 0 Å². The fourth-order valence-corrected chi connectivity index (χ4v) is 2.60. The van der Waals surface area contributed by atoms with E-state index in [9.17, 15) is 4.79 Å². The quantitative estimate of drug-likeness (QED) is 0.855. The number of benzene rings is 1. The van der Waals surface area contributed by atoms with E-state index < -0.39 is 0 Å². The van der Waals surface area contributed by atoms with E-state index in [4.69, 9.17) is 22.1 Å². The molecule has 21 heavy (non-hydrogen) atoms. The van der Waals surface area contributed by atoms with Gasteiger partial charge >= 0.3 is 0 Å². The molecule has 6 heteroatoms. The van der Waals surface area contributed by atoms with Crippen LogP contribution in [0.3, 0.4) is 0 Å². The second kappa shape index (κ2) is 7.14. The molecule has 0 aliphatic heterocycles. The number of anilines is 1. The van der Waals surface area contributed by atoms with Gasteiger partial charge in [-0.1, -0.05) is 23.4 Å². The van der Waals surface area contributed by atoms with E-state index >= 15 is 0 Å². The van der Waals surface area contributed by atoms with Crippen LogP contribution in [-0.4, -0.2) is 19.6 Å². The minimum absolute atomic E-state index is 0.235. The van der Waals surface area contributed by atoms with Gasteiger partial charge in [0.2, 0.25) is 0 Å². The Hall–Kier alpha value is -2.00. The average molecular weight is 321 g/mol. The zero-order valence-electron chi connectivity index (χ0n) is 11.3. The van der Waals surface area contributed by atoms with Crippen molar-refractivity contribution in [2.24, 2.45) is 5.73 Å². The van der Waals surface area contributed by atoms with Crippen LogP contribution in [0.1, 0.15) is 15.2 Å². The lowest BCUT2D eigenvalue weighted by Crippen LogP contribution is -2.12. The molecular weight excluding hydrogens is 308 g/mol. The van der Waals surface area contributed by atoms with Gasteiger partial charge in [-0.25, -0.2) is 0 Å². The van der Waals surface area contributed by atoms with Crippen molar-refractivity contribution in [2.75, 3.05) is 19.0 Å². The normalized spacial score (nSPS) is 9.67. The number of hydrogen-bond donors (Lipinski definition) is 2. The Morgan fingerprint density at radius 1 is 1.48 bits per heavy atom. The Balaban J connectivity index is 2.29. The van der Waals surface area contributed by atoms with Crippen molar-refractivity contribution in [3.8, 4) is 17.6 Å². The maximum atomic E-state index is 12.3. The fraction of sp³-hybridized carbons (Fsp3) is 0.133. The number of ether oxygens (including phenoxy) is 1. The highest BCUT2D eigenvalue weighted by molar-refractivity contribution is 7.12. The van der Waals surface area contributed by atoms with Gasteiger partial charge in [0.1, 0.15) is 10.6 Å². The van der Waals surface area contributed by atoms with E-state index in [2.05, 4.69) is 17.2 Å². The van der Waals surface area contributed by atoms with Gasteiger partial charge in [-0.3, -0.25) is 4.79 Å². The lowest BCUT2D eigenvalue weighted by molar-refractivity contribution is 0.102.